The zero-order chi connectivity index (χ0) is 14.8. The van der Waals surface area contributed by atoms with Crippen molar-refractivity contribution in [1.29, 1.82) is 0 Å². The van der Waals surface area contributed by atoms with E-state index >= 15 is 0 Å². The van der Waals surface area contributed by atoms with Gasteiger partial charge < -0.3 is 10.2 Å². The monoisotopic (exact) mass is 308 g/mol. The fourth-order valence-corrected chi connectivity index (χ4v) is 3.80. The van der Waals surface area contributed by atoms with Crippen LogP contribution in [0.25, 0.3) is 0 Å². The number of aromatic nitrogens is 1. The molecule has 0 spiro atoms. The lowest BCUT2D eigenvalue weighted by Crippen LogP contribution is -2.53. The molecule has 0 aromatic carbocycles. The first-order valence-electron chi connectivity index (χ1n) is 7.79. The molecule has 2 saturated heterocycles. The van der Waals surface area contributed by atoms with Gasteiger partial charge in [0.1, 0.15) is 0 Å². The second-order valence-corrected chi connectivity index (χ2v) is 7.22. The zero-order valence-electron chi connectivity index (χ0n) is 12.8. The molecule has 1 aromatic rings. The summed E-state index contributed by atoms with van der Waals surface area (Å²) in [6, 6.07) is 0.0396. The van der Waals surface area contributed by atoms with Crippen LogP contribution in [-0.4, -0.2) is 59.5 Å². The van der Waals surface area contributed by atoms with Gasteiger partial charge in [0.15, 0.2) is 0 Å². The first-order chi connectivity index (χ1) is 10.1. The Morgan fingerprint density at radius 3 is 2.76 bits per heavy atom. The van der Waals surface area contributed by atoms with Gasteiger partial charge in [0, 0.05) is 38.1 Å². The van der Waals surface area contributed by atoms with Crippen LogP contribution in [-0.2, 0) is 11.3 Å². The Kier molecular flexibility index (Phi) is 4.57. The number of rotatable bonds is 3. The van der Waals surface area contributed by atoms with Crippen LogP contribution in [0.2, 0.25) is 0 Å². The molecule has 21 heavy (non-hydrogen) atoms. The summed E-state index contributed by atoms with van der Waals surface area (Å²) in [6.45, 7) is 9.67. The number of nitrogens with one attached hydrogen (secondary N) is 1. The van der Waals surface area contributed by atoms with Crippen molar-refractivity contribution in [3.63, 3.8) is 0 Å². The number of hydrogen-bond donors (Lipinski definition) is 1. The van der Waals surface area contributed by atoms with E-state index < -0.39 is 0 Å². The van der Waals surface area contributed by atoms with Gasteiger partial charge in [-0.15, -0.1) is 11.3 Å². The highest BCUT2D eigenvalue weighted by Gasteiger charge is 2.33. The average Bonchev–Trinajstić information content (AvgIpc) is 3.08. The molecule has 0 radical (unpaired) electrons. The molecule has 2 aliphatic heterocycles. The van der Waals surface area contributed by atoms with E-state index in [1.807, 2.05) is 11.8 Å². The van der Waals surface area contributed by atoms with E-state index in [2.05, 4.69) is 27.5 Å². The lowest BCUT2D eigenvalue weighted by molar-refractivity contribution is -0.135. The fraction of sp³-hybridized carbons (Fsp3) is 0.733. The molecule has 116 valence electrons. The summed E-state index contributed by atoms with van der Waals surface area (Å²) in [5.74, 6) is 0.762. The molecule has 1 N–H and O–H groups in total. The number of aryl methyl sites for hydroxylation is 1. The zero-order valence-corrected chi connectivity index (χ0v) is 13.7. The van der Waals surface area contributed by atoms with Crippen LogP contribution in [0.4, 0.5) is 0 Å². The van der Waals surface area contributed by atoms with Gasteiger partial charge in [0.25, 0.3) is 0 Å². The minimum absolute atomic E-state index is 0.0396. The molecule has 2 unspecified atom stereocenters. The standard InChI is InChI=1S/C15H24N4OS/c1-11-3-4-16-14(11)15(20)19-7-5-18(6-8-19)9-13-10-21-12(2)17-13/h10-11,14,16H,3-9H2,1-2H3. The van der Waals surface area contributed by atoms with Crippen molar-refractivity contribution >= 4 is 17.2 Å². The first-order valence-corrected chi connectivity index (χ1v) is 8.67. The third kappa shape index (κ3) is 3.44. The summed E-state index contributed by atoms with van der Waals surface area (Å²) in [5.41, 5.74) is 1.16. The SMILES string of the molecule is Cc1nc(CN2CCN(C(=O)C3NCCC3C)CC2)cs1. The molecule has 1 amide bonds. The van der Waals surface area contributed by atoms with Crippen molar-refractivity contribution in [1.82, 2.24) is 20.1 Å². The fourth-order valence-electron chi connectivity index (χ4n) is 3.20. The molecule has 6 heteroatoms. The van der Waals surface area contributed by atoms with Gasteiger partial charge in [-0.2, -0.15) is 0 Å². The van der Waals surface area contributed by atoms with Crippen LogP contribution in [0.3, 0.4) is 0 Å². The minimum Gasteiger partial charge on any atom is -0.339 e. The average molecular weight is 308 g/mol. The van der Waals surface area contributed by atoms with Crippen molar-refractivity contribution in [3.8, 4) is 0 Å². The summed E-state index contributed by atoms with van der Waals surface area (Å²) in [4.78, 5) is 21.5. The van der Waals surface area contributed by atoms with Crippen molar-refractivity contribution in [3.05, 3.63) is 16.1 Å². The highest BCUT2D eigenvalue weighted by atomic mass is 32.1. The number of hydrogen-bond acceptors (Lipinski definition) is 5. The quantitative estimate of drug-likeness (QED) is 0.908. The number of piperazine rings is 1. The summed E-state index contributed by atoms with van der Waals surface area (Å²) in [7, 11) is 0. The number of carbonyl (C=O) groups excluding carboxylic acids is 1. The second-order valence-electron chi connectivity index (χ2n) is 6.16. The van der Waals surface area contributed by atoms with Crippen molar-refractivity contribution in [2.24, 2.45) is 5.92 Å². The molecular formula is C15H24N4OS. The Hall–Kier alpha value is -0.980. The van der Waals surface area contributed by atoms with E-state index in [-0.39, 0.29) is 6.04 Å². The molecule has 1 aromatic heterocycles. The van der Waals surface area contributed by atoms with Crippen LogP contribution in [0.5, 0.6) is 0 Å². The Bertz CT molecular complexity index is 496. The van der Waals surface area contributed by atoms with Crippen molar-refractivity contribution in [2.75, 3.05) is 32.7 Å². The molecule has 3 heterocycles. The van der Waals surface area contributed by atoms with Gasteiger partial charge >= 0.3 is 0 Å². The van der Waals surface area contributed by atoms with Gasteiger partial charge in [0.2, 0.25) is 5.91 Å². The maximum atomic E-state index is 12.5. The Morgan fingerprint density at radius 1 is 1.43 bits per heavy atom. The van der Waals surface area contributed by atoms with E-state index in [0.29, 0.717) is 11.8 Å². The Labute approximate surface area is 130 Å². The van der Waals surface area contributed by atoms with Gasteiger partial charge in [-0.3, -0.25) is 9.69 Å². The molecule has 2 atom stereocenters. The van der Waals surface area contributed by atoms with E-state index in [0.717, 1.165) is 56.4 Å². The number of thiazole rings is 1. The second kappa shape index (κ2) is 6.42. The summed E-state index contributed by atoms with van der Waals surface area (Å²) in [6.07, 6.45) is 1.11. The molecule has 0 saturated carbocycles. The molecular weight excluding hydrogens is 284 g/mol. The first kappa shape index (κ1) is 14.9. The van der Waals surface area contributed by atoms with Crippen molar-refractivity contribution < 1.29 is 4.79 Å². The molecule has 2 fully saturated rings. The van der Waals surface area contributed by atoms with Gasteiger partial charge in [-0.1, -0.05) is 6.92 Å². The van der Waals surface area contributed by atoms with Crippen LogP contribution < -0.4 is 5.32 Å². The lowest BCUT2D eigenvalue weighted by Gasteiger charge is -2.36. The normalized spacial score (nSPS) is 27.2. The predicted octanol–water partition coefficient (Wildman–Crippen LogP) is 1.09. The topological polar surface area (TPSA) is 48.5 Å². The molecule has 5 nitrogen and oxygen atoms in total. The van der Waals surface area contributed by atoms with Crippen LogP contribution >= 0.6 is 11.3 Å². The highest BCUT2D eigenvalue weighted by molar-refractivity contribution is 7.09. The Morgan fingerprint density at radius 2 is 2.19 bits per heavy atom. The molecule has 0 aliphatic carbocycles. The molecule has 0 bridgehead atoms. The smallest absolute Gasteiger partial charge is 0.240 e. The van der Waals surface area contributed by atoms with Gasteiger partial charge in [-0.25, -0.2) is 4.98 Å². The summed E-state index contributed by atoms with van der Waals surface area (Å²) >= 11 is 1.70. The summed E-state index contributed by atoms with van der Waals surface area (Å²) in [5, 5.41) is 6.60. The van der Waals surface area contributed by atoms with Crippen LogP contribution in [0.15, 0.2) is 5.38 Å². The van der Waals surface area contributed by atoms with Gasteiger partial charge in [-0.05, 0) is 25.8 Å². The number of carbonyl (C=O) groups is 1. The van der Waals surface area contributed by atoms with E-state index in [9.17, 15) is 4.79 Å². The lowest BCUT2D eigenvalue weighted by atomic mass is 10.0. The van der Waals surface area contributed by atoms with Crippen LogP contribution in [0, 0.1) is 12.8 Å². The van der Waals surface area contributed by atoms with Gasteiger partial charge in [0.05, 0.1) is 16.7 Å². The summed E-state index contributed by atoms with van der Waals surface area (Å²) < 4.78 is 0. The van der Waals surface area contributed by atoms with E-state index in [4.69, 9.17) is 0 Å². The van der Waals surface area contributed by atoms with E-state index in [1.54, 1.807) is 11.3 Å². The predicted molar refractivity (Wildman–Crippen MR) is 84.3 cm³/mol. The number of nitrogens with zero attached hydrogens (tertiary/aromatic N) is 3. The van der Waals surface area contributed by atoms with Crippen molar-refractivity contribution in [2.45, 2.75) is 32.9 Å². The Balaban J connectivity index is 1.49. The van der Waals surface area contributed by atoms with Crippen LogP contribution in [0.1, 0.15) is 24.0 Å². The van der Waals surface area contributed by atoms with E-state index in [1.165, 1.54) is 0 Å². The maximum absolute atomic E-state index is 12.5. The largest absolute Gasteiger partial charge is 0.339 e. The molecule has 3 rings (SSSR count). The third-order valence-corrected chi connectivity index (χ3v) is 5.36. The molecule has 2 aliphatic rings. The minimum atomic E-state index is 0.0396. The third-order valence-electron chi connectivity index (χ3n) is 4.54. The maximum Gasteiger partial charge on any atom is 0.240 e. The number of amides is 1. The highest BCUT2D eigenvalue weighted by Crippen LogP contribution is 2.18.